The Bertz CT molecular complexity index is 256. The molecule has 0 unspecified atom stereocenters. The Kier molecular flexibility index (Phi) is 2.32. The molecular weight excluding hydrogens is 166 g/mol. The van der Waals surface area contributed by atoms with Gasteiger partial charge in [-0.15, -0.1) is 0 Å². The van der Waals surface area contributed by atoms with Gasteiger partial charge in [-0.1, -0.05) is 0 Å². The predicted octanol–water partition coefficient (Wildman–Crippen LogP) is 1.43. The van der Waals surface area contributed by atoms with Crippen LogP contribution in [0.15, 0.2) is 0 Å². The molecule has 70 valence electrons. The van der Waals surface area contributed by atoms with Crippen molar-refractivity contribution in [3.63, 3.8) is 0 Å². The van der Waals surface area contributed by atoms with Crippen LogP contribution < -0.4 is 0 Å². The van der Waals surface area contributed by atoms with E-state index in [1.54, 1.807) is 0 Å². The van der Waals surface area contributed by atoms with Gasteiger partial charge in [0.1, 0.15) is 5.78 Å². The lowest BCUT2D eigenvalue weighted by Crippen LogP contribution is -2.28. The number of nitriles is 1. The highest BCUT2D eigenvalue weighted by molar-refractivity contribution is 5.82. The van der Waals surface area contributed by atoms with Gasteiger partial charge < -0.3 is 4.74 Å². The maximum absolute atomic E-state index is 11.5. The van der Waals surface area contributed by atoms with Crippen molar-refractivity contribution < 1.29 is 9.53 Å². The fourth-order valence-corrected chi connectivity index (χ4v) is 2.34. The fraction of sp³-hybridized carbons (Fsp3) is 0.800. The average molecular weight is 179 g/mol. The monoisotopic (exact) mass is 179 g/mol. The summed E-state index contributed by atoms with van der Waals surface area (Å²) in [7, 11) is 0. The van der Waals surface area contributed by atoms with E-state index < -0.39 is 0 Å². The van der Waals surface area contributed by atoms with E-state index in [1.165, 1.54) is 0 Å². The summed E-state index contributed by atoms with van der Waals surface area (Å²) in [5.74, 6) is 0.448. The standard InChI is InChI=1S/C10H13NO2/c11-5-4-7-6-8-9(12)2-1-3-10(8)13-7/h7-8,10H,1-4,6H2/t7-,8-,10+/m1/s1. The normalized spacial score (nSPS) is 38.4. The molecule has 2 fully saturated rings. The lowest BCUT2D eigenvalue weighted by molar-refractivity contribution is -0.127. The zero-order valence-corrected chi connectivity index (χ0v) is 7.53. The summed E-state index contributed by atoms with van der Waals surface area (Å²) in [6.07, 6.45) is 4.01. The van der Waals surface area contributed by atoms with Crippen molar-refractivity contribution in [1.29, 1.82) is 5.26 Å². The summed E-state index contributed by atoms with van der Waals surface area (Å²) in [5, 5.41) is 8.51. The first-order valence-corrected chi connectivity index (χ1v) is 4.86. The summed E-state index contributed by atoms with van der Waals surface area (Å²) in [6.45, 7) is 0. The van der Waals surface area contributed by atoms with E-state index >= 15 is 0 Å². The molecule has 0 aromatic heterocycles. The summed E-state index contributed by atoms with van der Waals surface area (Å²) < 4.78 is 5.63. The molecule has 3 heteroatoms. The van der Waals surface area contributed by atoms with E-state index in [-0.39, 0.29) is 18.1 Å². The van der Waals surface area contributed by atoms with Gasteiger partial charge in [-0.05, 0) is 19.3 Å². The summed E-state index contributed by atoms with van der Waals surface area (Å²) in [6, 6.07) is 2.10. The van der Waals surface area contributed by atoms with Gasteiger partial charge in [0.05, 0.1) is 24.7 Å². The van der Waals surface area contributed by atoms with Crippen molar-refractivity contribution >= 4 is 5.78 Å². The largest absolute Gasteiger partial charge is 0.373 e. The van der Waals surface area contributed by atoms with Crippen LogP contribution in [0, 0.1) is 17.2 Å². The lowest BCUT2D eigenvalue weighted by atomic mass is 9.84. The first kappa shape index (κ1) is 8.71. The van der Waals surface area contributed by atoms with E-state index in [0.717, 1.165) is 19.3 Å². The van der Waals surface area contributed by atoms with Gasteiger partial charge in [0.25, 0.3) is 0 Å². The van der Waals surface area contributed by atoms with E-state index in [0.29, 0.717) is 18.6 Å². The minimum Gasteiger partial charge on any atom is -0.373 e. The second-order valence-electron chi connectivity index (χ2n) is 3.86. The van der Waals surface area contributed by atoms with Crippen LogP contribution in [-0.4, -0.2) is 18.0 Å². The highest BCUT2D eigenvalue weighted by atomic mass is 16.5. The molecule has 0 N–H and O–H groups in total. The van der Waals surface area contributed by atoms with Gasteiger partial charge in [0.15, 0.2) is 0 Å². The zero-order chi connectivity index (χ0) is 9.26. The van der Waals surface area contributed by atoms with Crippen LogP contribution in [0.25, 0.3) is 0 Å². The molecule has 2 rings (SSSR count). The first-order valence-electron chi connectivity index (χ1n) is 4.86. The number of rotatable bonds is 1. The number of carbonyl (C=O) groups is 1. The Morgan fingerprint density at radius 3 is 3.15 bits per heavy atom. The molecular formula is C10H13NO2. The van der Waals surface area contributed by atoms with E-state index in [4.69, 9.17) is 10.00 Å². The van der Waals surface area contributed by atoms with E-state index in [1.807, 2.05) is 0 Å². The minimum atomic E-state index is 0.0158. The van der Waals surface area contributed by atoms with E-state index in [9.17, 15) is 4.79 Å². The summed E-state index contributed by atoms with van der Waals surface area (Å²) in [4.78, 5) is 11.5. The average Bonchev–Trinajstić information content (AvgIpc) is 2.49. The number of hydrogen-bond acceptors (Lipinski definition) is 3. The Labute approximate surface area is 77.7 Å². The third-order valence-corrected chi connectivity index (χ3v) is 2.98. The van der Waals surface area contributed by atoms with Crippen LogP contribution in [0.1, 0.15) is 32.1 Å². The molecule has 3 nitrogen and oxygen atoms in total. The molecule has 1 aliphatic heterocycles. The summed E-state index contributed by atoms with van der Waals surface area (Å²) in [5.41, 5.74) is 0. The highest BCUT2D eigenvalue weighted by Gasteiger charge is 2.41. The molecule has 3 atom stereocenters. The van der Waals surface area contributed by atoms with Gasteiger partial charge >= 0.3 is 0 Å². The van der Waals surface area contributed by atoms with Crippen LogP contribution in [0.4, 0.5) is 0 Å². The van der Waals surface area contributed by atoms with Crippen LogP contribution in [-0.2, 0) is 9.53 Å². The van der Waals surface area contributed by atoms with Crippen LogP contribution in [0.5, 0.6) is 0 Å². The van der Waals surface area contributed by atoms with Crippen molar-refractivity contribution in [2.24, 2.45) is 5.92 Å². The Hall–Kier alpha value is -0.880. The smallest absolute Gasteiger partial charge is 0.138 e. The molecule has 2 aliphatic rings. The molecule has 1 heterocycles. The molecule has 13 heavy (non-hydrogen) atoms. The highest BCUT2D eigenvalue weighted by Crippen LogP contribution is 2.36. The second-order valence-corrected chi connectivity index (χ2v) is 3.86. The van der Waals surface area contributed by atoms with Gasteiger partial charge in [-0.25, -0.2) is 0 Å². The maximum atomic E-state index is 11.5. The van der Waals surface area contributed by atoms with Gasteiger partial charge in [-0.2, -0.15) is 5.26 Å². The molecule has 0 amide bonds. The number of fused-ring (bicyclic) bond motifs is 1. The van der Waals surface area contributed by atoms with Crippen molar-refractivity contribution in [3.8, 4) is 6.07 Å². The van der Waals surface area contributed by atoms with E-state index in [2.05, 4.69) is 6.07 Å². The van der Waals surface area contributed by atoms with Crippen molar-refractivity contribution in [1.82, 2.24) is 0 Å². The molecule has 0 spiro atoms. The fourth-order valence-electron chi connectivity index (χ4n) is 2.34. The molecule has 0 bridgehead atoms. The lowest BCUT2D eigenvalue weighted by Gasteiger charge is -2.21. The molecule has 1 saturated heterocycles. The van der Waals surface area contributed by atoms with Crippen molar-refractivity contribution in [3.05, 3.63) is 0 Å². The van der Waals surface area contributed by atoms with Crippen LogP contribution in [0.2, 0.25) is 0 Å². The Morgan fingerprint density at radius 2 is 2.46 bits per heavy atom. The quantitative estimate of drug-likeness (QED) is 0.611. The Balaban J connectivity index is 2.00. The third-order valence-electron chi connectivity index (χ3n) is 2.98. The molecule has 0 aromatic carbocycles. The predicted molar refractivity (Wildman–Crippen MR) is 45.9 cm³/mol. The van der Waals surface area contributed by atoms with Crippen LogP contribution in [0.3, 0.4) is 0 Å². The second kappa shape index (κ2) is 3.47. The Morgan fingerprint density at radius 1 is 1.62 bits per heavy atom. The maximum Gasteiger partial charge on any atom is 0.138 e. The molecule has 0 aromatic rings. The van der Waals surface area contributed by atoms with Crippen molar-refractivity contribution in [2.45, 2.75) is 44.3 Å². The van der Waals surface area contributed by atoms with Gasteiger partial charge in [-0.3, -0.25) is 4.79 Å². The molecule has 0 radical (unpaired) electrons. The number of hydrogen-bond donors (Lipinski definition) is 0. The molecule has 1 aliphatic carbocycles. The zero-order valence-electron chi connectivity index (χ0n) is 7.53. The topological polar surface area (TPSA) is 50.1 Å². The number of nitrogens with zero attached hydrogens (tertiary/aromatic N) is 1. The number of carbonyl (C=O) groups excluding carboxylic acids is 1. The van der Waals surface area contributed by atoms with Crippen LogP contribution >= 0.6 is 0 Å². The van der Waals surface area contributed by atoms with Crippen molar-refractivity contribution in [2.75, 3.05) is 0 Å². The first-order chi connectivity index (χ1) is 6.31. The minimum absolute atomic E-state index is 0.0158. The van der Waals surface area contributed by atoms with Gasteiger partial charge in [0.2, 0.25) is 0 Å². The third kappa shape index (κ3) is 1.59. The number of Topliss-reactive ketones (excluding diaryl/α,β-unsaturated/α-hetero) is 1. The molecule has 1 saturated carbocycles. The SMILES string of the molecule is N#CC[C@@H]1C[C@@H]2C(=O)CCC[C@@H]2O1. The number of ether oxygens (including phenoxy) is 1. The van der Waals surface area contributed by atoms with Gasteiger partial charge in [0, 0.05) is 12.3 Å². The summed E-state index contributed by atoms with van der Waals surface area (Å²) >= 11 is 0. The number of ketones is 1.